The van der Waals surface area contributed by atoms with E-state index in [1.54, 1.807) is 0 Å². The van der Waals surface area contributed by atoms with E-state index in [4.69, 9.17) is 5.73 Å². The second-order valence-corrected chi connectivity index (χ2v) is 6.79. The first-order chi connectivity index (χ1) is 9.76. The van der Waals surface area contributed by atoms with Gasteiger partial charge in [-0.1, -0.05) is 37.5 Å². The summed E-state index contributed by atoms with van der Waals surface area (Å²) in [6.07, 6.45) is 7.31. The monoisotopic (exact) mass is 272 g/mol. The minimum absolute atomic E-state index is 0.647. The van der Waals surface area contributed by atoms with Gasteiger partial charge in [-0.3, -0.25) is 4.90 Å². The molecule has 0 bridgehead atoms. The number of aryl methyl sites for hydroxylation is 1. The van der Waals surface area contributed by atoms with Crippen molar-refractivity contribution in [2.45, 2.75) is 52.1 Å². The summed E-state index contributed by atoms with van der Waals surface area (Å²) in [5.74, 6) is 2.00. The van der Waals surface area contributed by atoms with Crippen LogP contribution in [0.2, 0.25) is 0 Å². The summed E-state index contributed by atoms with van der Waals surface area (Å²) in [6.45, 7) is 6.61. The highest BCUT2D eigenvalue weighted by Gasteiger charge is 2.30. The van der Waals surface area contributed by atoms with Crippen molar-refractivity contribution in [1.82, 2.24) is 4.90 Å². The van der Waals surface area contributed by atoms with E-state index < -0.39 is 0 Å². The molecule has 2 unspecified atom stereocenters. The van der Waals surface area contributed by atoms with Gasteiger partial charge >= 0.3 is 0 Å². The first-order valence-electron chi connectivity index (χ1n) is 8.27. The zero-order chi connectivity index (χ0) is 13.9. The maximum atomic E-state index is 5.72. The topological polar surface area (TPSA) is 29.3 Å². The van der Waals surface area contributed by atoms with E-state index in [-0.39, 0.29) is 0 Å². The van der Waals surface area contributed by atoms with Gasteiger partial charge in [0, 0.05) is 19.6 Å². The minimum Gasteiger partial charge on any atom is -0.326 e. The van der Waals surface area contributed by atoms with Crippen LogP contribution in [0.25, 0.3) is 0 Å². The molecule has 2 atom stereocenters. The second-order valence-electron chi connectivity index (χ2n) is 6.79. The fraction of sp³-hybridized carbons (Fsp3) is 0.667. The summed E-state index contributed by atoms with van der Waals surface area (Å²) in [6, 6.07) is 6.73. The lowest BCUT2D eigenvalue weighted by molar-refractivity contribution is 0.0819. The quantitative estimate of drug-likeness (QED) is 0.913. The lowest BCUT2D eigenvalue weighted by atomic mass is 9.75. The molecule has 2 N–H and O–H groups in total. The van der Waals surface area contributed by atoms with Crippen molar-refractivity contribution in [2.75, 3.05) is 13.1 Å². The van der Waals surface area contributed by atoms with Gasteiger partial charge in [-0.05, 0) is 54.8 Å². The molecule has 20 heavy (non-hydrogen) atoms. The van der Waals surface area contributed by atoms with Crippen LogP contribution in [0.5, 0.6) is 0 Å². The molecule has 1 saturated carbocycles. The molecule has 0 radical (unpaired) electrons. The Balaban J connectivity index is 1.63. The number of likely N-dealkylation sites (tertiary alicyclic amines) is 1. The first-order valence-corrected chi connectivity index (χ1v) is 8.27. The van der Waals surface area contributed by atoms with E-state index in [2.05, 4.69) is 30.0 Å². The van der Waals surface area contributed by atoms with Gasteiger partial charge in [0.15, 0.2) is 0 Å². The highest BCUT2D eigenvalue weighted by molar-refractivity contribution is 5.31. The van der Waals surface area contributed by atoms with E-state index in [1.165, 1.54) is 61.9 Å². The molecular weight excluding hydrogens is 244 g/mol. The summed E-state index contributed by atoms with van der Waals surface area (Å²) >= 11 is 0. The summed E-state index contributed by atoms with van der Waals surface area (Å²) in [7, 11) is 0. The van der Waals surface area contributed by atoms with E-state index >= 15 is 0 Å². The van der Waals surface area contributed by atoms with E-state index in [0.29, 0.717) is 6.54 Å². The predicted octanol–water partition coefficient (Wildman–Crippen LogP) is 3.47. The molecule has 0 amide bonds. The SMILES string of the molecule is Cc1cc(CN)ccc1CN1CCC2CCCCC2C1. The zero-order valence-corrected chi connectivity index (χ0v) is 12.8. The maximum Gasteiger partial charge on any atom is 0.0236 e. The van der Waals surface area contributed by atoms with Crippen LogP contribution in [0.3, 0.4) is 0 Å². The highest BCUT2D eigenvalue weighted by Crippen LogP contribution is 2.36. The fourth-order valence-corrected chi connectivity index (χ4v) is 4.12. The smallest absolute Gasteiger partial charge is 0.0236 e. The van der Waals surface area contributed by atoms with E-state index in [1.807, 2.05) is 0 Å². The average Bonchev–Trinajstić information content (AvgIpc) is 2.49. The summed E-state index contributed by atoms with van der Waals surface area (Å²) in [5, 5.41) is 0. The Morgan fingerprint density at radius 2 is 1.95 bits per heavy atom. The highest BCUT2D eigenvalue weighted by atomic mass is 15.1. The van der Waals surface area contributed by atoms with E-state index in [9.17, 15) is 0 Å². The number of nitrogens with two attached hydrogens (primary N) is 1. The van der Waals surface area contributed by atoms with Crippen LogP contribution in [-0.2, 0) is 13.1 Å². The van der Waals surface area contributed by atoms with Gasteiger partial charge in [0.2, 0.25) is 0 Å². The van der Waals surface area contributed by atoms with Crippen molar-refractivity contribution in [3.63, 3.8) is 0 Å². The zero-order valence-electron chi connectivity index (χ0n) is 12.8. The third-order valence-corrected chi connectivity index (χ3v) is 5.41. The third-order valence-electron chi connectivity index (χ3n) is 5.41. The largest absolute Gasteiger partial charge is 0.326 e. The molecule has 1 aliphatic carbocycles. The average molecular weight is 272 g/mol. The van der Waals surface area contributed by atoms with Gasteiger partial charge in [0.1, 0.15) is 0 Å². The molecular formula is C18H28N2. The molecule has 1 aliphatic heterocycles. The Labute approximate surface area is 123 Å². The number of rotatable bonds is 3. The number of fused-ring (bicyclic) bond motifs is 1. The molecule has 2 fully saturated rings. The van der Waals surface area contributed by atoms with Gasteiger partial charge < -0.3 is 5.73 Å². The molecule has 2 nitrogen and oxygen atoms in total. The molecule has 1 aromatic rings. The van der Waals surface area contributed by atoms with Crippen molar-refractivity contribution < 1.29 is 0 Å². The maximum absolute atomic E-state index is 5.72. The Kier molecular flexibility index (Phi) is 4.42. The summed E-state index contributed by atoms with van der Waals surface area (Å²) in [5.41, 5.74) is 9.85. The molecule has 0 spiro atoms. The van der Waals surface area contributed by atoms with Crippen molar-refractivity contribution in [2.24, 2.45) is 17.6 Å². The molecule has 2 heteroatoms. The molecule has 1 saturated heterocycles. The molecule has 1 heterocycles. The molecule has 110 valence electrons. The Hall–Kier alpha value is -0.860. The van der Waals surface area contributed by atoms with Crippen LogP contribution in [-0.4, -0.2) is 18.0 Å². The van der Waals surface area contributed by atoms with Crippen LogP contribution in [0.1, 0.15) is 48.8 Å². The number of piperidine rings is 1. The number of hydrogen-bond acceptors (Lipinski definition) is 2. The standard InChI is InChI=1S/C18H28N2/c1-14-10-15(11-19)6-7-17(14)12-20-9-8-16-4-2-3-5-18(16)13-20/h6-7,10,16,18H,2-5,8-9,11-13,19H2,1H3. The molecule has 1 aromatic carbocycles. The van der Waals surface area contributed by atoms with Gasteiger partial charge in [0.25, 0.3) is 0 Å². The van der Waals surface area contributed by atoms with E-state index in [0.717, 1.165) is 18.4 Å². The second kappa shape index (κ2) is 6.28. The van der Waals surface area contributed by atoms with Crippen LogP contribution in [0.4, 0.5) is 0 Å². The normalized spacial score (nSPS) is 27.3. The first kappa shape index (κ1) is 14.1. The van der Waals surface area contributed by atoms with Gasteiger partial charge in [0.05, 0.1) is 0 Å². The summed E-state index contributed by atoms with van der Waals surface area (Å²) < 4.78 is 0. The van der Waals surface area contributed by atoms with Gasteiger partial charge in [-0.2, -0.15) is 0 Å². The molecule has 2 aliphatic rings. The Morgan fingerprint density at radius 1 is 1.15 bits per heavy atom. The molecule has 3 rings (SSSR count). The Morgan fingerprint density at radius 3 is 2.70 bits per heavy atom. The molecule has 0 aromatic heterocycles. The number of nitrogens with zero attached hydrogens (tertiary/aromatic N) is 1. The van der Waals surface area contributed by atoms with Crippen LogP contribution in [0.15, 0.2) is 18.2 Å². The van der Waals surface area contributed by atoms with Crippen LogP contribution >= 0.6 is 0 Å². The third kappa shape index (κ3) is 3.07. The Bertz CT molecular complexity index is 455. The van der Waals surface area contributed by atoms with Crippen molar-refractivity contribution >= 4 is 0 Å². The van der Waals surface area contributed by atoms with Gasteiger partial charge in [-0.25, -0.2) is 0 Å². The summed E-state index contributed by atoms with van der Waals surface area (Å²) in [4.78, 5) is 2.68. The number of hydrogen-bond donors (Lipinski definition) is 1. The lowest BCUT2D eigenvalue weighted by Gasteiger charge is -2.41. The van der Waals surface area contributed by atoms with Crippen molar-refractivity contribution in [1.29, 1.82) is 0 Å². The van der Waals surface area contributed by atoms with Crippen LogP contribution in [0, 0.1) is 18.8 Å². The van der Waals surface area contributed by atoms with Crippen LogP contribution < -0.4 is 5.73 Å². The van der Waals surface area contributed by atoms with Crippen molar-refractivity contribution in [3.05, 3.63) is 34.9 Å². The number of benzene rings is 1. The van der Waals surface area contributed by atoms with Gasteiger partial charge in [-0.15, -0.1) is 0 Å². The lowest BCUT2D eigenvalue weighted by Crippen LogP contribution is -2.41. The van der Waals surface area contributed by atoms with Crippen molar-refractivity contribution in [3.8, 4) is 0 Å². The minimum atomic E-state index is 0.647. The predicted molar refractivity (Wildman–Crippen MR) is 84.4 cm³/mol. The fourth-order valence-electron chi connectivity index (χ4n) is 4.12.